The second kappa shape index (κ2) is 9.56. The molecule has 0 bridgehead atoms. The van der Waals surface area contributed by atoms with Gasteiger partial charge in [-0.25, -0.2) is 0 Å². The molecule has 3 fully saturated rings. The predicted octanol–water partition coefficient (Wildman–Crippen LogP) is 2.83. The van der Waals surface area contributed by atoms with Crippen molar-refractivity contribution in [1.82, 2.24) is 9.80 Å². The molecule has 3 aliphatic rings. The number of hydrogen-bond acceptors (Lipinski definition) is 3. The first-order valence-corrected chi connectivity index (χ1v) is 10.4. The van der Waals surface area contributed by atoms with Gasteiger partial charge in [-0.1, -0.05) is 32.1 Å². The van der Waals surface area contributed by atoms with E-state index in [1.807, 2.05) is 9.80 Å². The van der Waals surface area contributed by atoms with E-state index in [0.29, 0.717) is 50.8 Å². The Balaban J connectivity index is 1.34. The Morgan fingerprint density at radius 2 is 1.36 bits per heavy atom. The van der Waals surface area contributed by atoms with Gasteiger partial charge in [0, 0.05) is 52.2 Å². The molecule has 0 aromatic heterocycles. The van der Waals surface area contributed by atoms with Crippen LogP contribution in [0.15, 0.2) is 0 Å². The maximum absolute atomic E-state index is 12.5. The maximum atomic E-state index is 12.5. The molecule has 3 rings (SSSR count). The summed E-state index contributed by atoms with van der Waals surface area (Å²) < 4.78 is 5.36. The lowest BCUT2D eigenvalue weighted by Gasteiger charge is -2.36. The van der Waals surface area contributed by atoms with Crippen LogP contribution in [0.5, 0.6) is 0 Å². The summed E-state index contributed by atoms with van der Waals surface area (Å²) in [7, 11) is 0. The van der Waals surface area contributed by atoms with Crippen LogP contribution in [0.1, 0.15) is 64.2 Å². The Hall–Kier alpha value is -1.10. The zero-order valence-corrected chi connectivity index (χ0v) is 15.6. The van der Waals surface area contributed by atoms with Crippen LogP contribution in [0.2, 0.25) is 0 Å². The van der Waals surface area contributed by atoms with Crippen molar-refractivity contribution in [2.75, 3.05) is 39.4 Å². The molecule has 25 heavy (non-hydrogen) atoms. The normalized spacial score (nSPS) is 23.7. The number of nitrogens with zero attached hydrogens (tertiary/aromatic N) is 2. The lowest BCUT2D eigenvalue weighted by molar-refractivity contribution is -0.140. The van der Waals surface area contributed by atoms with Gasteiger partial charge in [0.25, 0.3) is 0 Å². The van der Waals surface area contributed by atoms with Crippen LogP contribution in [0.4, 0.5) is 0 Å². The van der Waals surface area contributed by atoms with E-state index >= 15 is 0 Å². The van der Waals surface area contributed by atoms with Crippen LogP contribution < -0.4 is 0 Å². The SMILES string of the molecule is O=C(CCC1CCCCC1)N1CCN(C(=O)CC2CCOCC2)CC1. The van der Waals surface area contributed by atoms with Crippen LogP contribution >= 0.6 is 0 Å². The molecular weight excluding hydrogens is 316 g/mol. The first-order chi connectivity index (χ1) is 12.2. The first-order valence-electron chi connectivity index (χ1n) is 10.4. The largest absolute Gasteiger partial charge is 0.381 e. The molecule has 0 aromatic rings. The second-order valence-corrected chi connectivity index (χ2v) is 8.06. The Labute approximate surface area is 152 Å². The van der Waals surface area contributed by atoms with Crippen LogP contribution in [-0.2, 0) is 14.3 Å². The topological polar surface area (TPSA) is 49.9 Å². The molecule has 2 aliphatic heterocycles. The number of amides is 2. The summed E-state index contributed by atoms with van der Waals surface area (Å²) in [5.41, 5.74) is 0. The molecule has 0 atom stereocenters. The standard InChI is InChI=1S/C20H34N2O3/c23-19(7-6-17-4-2-1-3-5-17)21-10-12-22(13-11-21)20(24)16-18-8-14-25-15-9-18/h17-18H,1-16H2. The third-order valence-electron chi connectivity index (χ3n) is 6.28. The highest BCUT2D eigenvalue weighted by Gasteiger charge is 2.26. The Morgan fingerprint density at radius 1 is 0.760 bits per heavy atom. The van der Waals surface area contributed by atoms with Gasteiger partial charge in [-0.2, -0.15) is 0 Å². The molecule has 0 aromatic carbocycles. The monoisotopic (exact) mass is 350 g/mol. The fourth-order valence-corrected chi connectivity index (χ4v) is 4.49. The summed E-state index contributed by atoms with van der Waals surface area (Å²) in [5, 5.41) is 0. The average molecular weight is 351 g/mol. The van der Waals surface area contributed by atoms with E-state index in [0.717, 1.165) is 38.4 Å². The lowest BCUT2D eigenvalue weighted by atomic mass is 9.86. The zero-order chi connectivity index (χ0) is 17.5. The zero-order valence-electron chi connectivity index (χ0n) is 15.6. The molecule has 2 amide bonds. The molecule has 1 aliphatic carbocycles. The van der Waals surface area contributed by atoms with Crippen LogP contribution in [0.25, 0.3) is 0 Å². The van der Waals surface area contributed by atoms with Gasteiger partial charge in [0.2, 0.25) is 11.8 Å². The van der Waals surface area contributed by atoms with E-state index in [2.05, 4.69) is 0 Å². The fraction of sp³-hybridized carbons (Fsp3) is 0.900. The highest BCUT2D eigenvalue weighted by atomic mass is 16.5. The molecule has 0 radical (unpaired) electrons. The van der Waals surface area contributed by atoms with Crippen molar-refractivity contribution < 1.29 is 14.3 Å². The van der Waals surface area contributed by atoms with E-state index in [9.17, 15) is 9.59 Å². The fourth-order valence-electron chi connectivity index (χ4n) is 4.49. The van der Waals surface area contributed by atoms with E-state index in [-0.39, 0.29) is 5.91 Å². The number of carbonyl (C=O) groups is 2. The van der Waals surface area contributed by atoms with Gasteiger partial charge < -0.3 is 14.5 Å². The van der Waals surface area contributed by atoms with Gasteiger partial charge in [-0.05, 0) is 31.1 Å². The molecule has 2 saturated heterocycles. The minimum atomic E-state index is 0.265. The summed E-state index contributed by atoms with van der Waals surface area (Å²) in [4.78, 5) is 28.8. The molecular formula is C20H34N2O3. The molecule has 5 nitrogen and oxygen atoms in total. The van der Waals surface area contributed by atoms with Crippen molar-refractivity contribution in [1.29, 1.82) is 0 Å². The van der Waals surface area contributed by atoms with Crippen molar-refractivity contribution in [3.63, 3.8) is 0 Å². The smallest absolute Gasteiger partial charge is 0.222 e. The van der Waals surface area contributed by atoms with E-state index < -0.39 is 0 Å². The van der Waals surface area contributed by atoms with Gasteiger partial charge in [0.15, 0.2) is 0 Å². The van der Waals surface area contributed by atoms with E-state index in [1.165, 1.54) is 32.1 Å². The van der Waals surface area contributed by atoms with Gasteiger partial charge in [0.1, 0.15) is 0 Å². The Morgan fingerprint density at radius 3 is 2.00 bits per heavy atom. The molecule has 5 heteroatoms. The number of piperazine rings is 1. The summed E-state index contributed by atoms with van der Waals surface area (Å²) in [5.74, 6) is 1.81. The quantitative estimate of drug-likeness (QED) is 0.766. The third kappa shape index (κ3) is 5.70. The summed E-state index contributed by atoms with van der Waals surface area (Å²) in [6.45, 7) is 4.42. The van der Waals surface area contributed by atoms with Gasteiger partial charge in [-0.15, -0.1) is 0 Å². The molecule has 0 spiro atoms. The summed E-state index contributed by atoms with van der Waals surface area (Å²) >= 11 is 0. The number of ether oxygens (including phenoxy) is 1. The van der Waals surface area contributed by atoms with Crippen LogP contribution in [-0.4, -0.2) is 61.0 Å². The summed E-state index contributed by atoms with van der Waals surface area (Å²) in [6.07, 6.45) is 11.1. The van der Waals surface area contributed by atoms with Crippen molar-refractivity contribution in [2.45, 2.75) is 64.2 Å². The van der Waals surface area contributed by atoms with E-state index in [4.69, 9.17) is 4.74 Å². The van der Waals surface area contributed by atoms with Crippen molar-refractivity contribution in [2.24, 2.45) is 11.8 Å². The number of hydrogen-bond donors (Lipinski definition) is 0. The highest BCUT2D eigenvalue weighted by Crippen LogP contribution is 2.27. The molecule has 0 N–H and O–H groups in total. The first kappa shape index (κ1) is 18.7. The van der Waals surface area contributed by atoms with Crippen LogP contribution in [0, 0.1) is 11.8 Å². The minimum Gasteiger partial charge on any atom is -0.381 e. The van der Waals surface area contributed by atoms with Gasteiger partial charge in [0.05, 0.1) is 0 Å². The summed E-state index contributed by atoms with van der Waals surface area (Å²) in [6, 6.07) is 0. The van der Waals surface area contributed by atoms with Crippen LogP contribution in [0.3, 0.4) is 0 Å². The van der Waals surface area contributed by atoms with Crippen molar-refractivity contribution >= 4 is 11.8 Å². The molecule has 1 saturated carbocycles. The predicted molar refractivity (Wildman–Crippen MR) is 97.1 cm³/mol. The number of rotatable bonds is 5. The minimum absolute atomic E-state index is 0.265. The Kier molecular flexibility index (Phi) is 7.14. The Bertz CT molecular complexity index is 434. The van der Waals surface area contributed by atoms with Gasteiger partial charge in [-0.3, -0.25) is 9.59 Å². The molecule has 2 heterocycles. The van der Waals surface area contributed by atoms with Crippen molar-refractivity contribution in [3.05, 3.63) is 0 Å². The third-order valence-corrected chi connectivity index (χ3v) is 6.28. The van der Waals surface area contributed by atoms with E-state index in [1.54, 1.807) is 0 Å². The average Bonchev–Trinajstić information content (AvgIpc) is 2.68. The lowest BCUT2D eigenvalue weighted by Crippen LogP contribution is -2.51. The van der Waals surface area contributed by atoms with Gasteiger partial charge >= 0.3 is 0 Å². The number of carbonyl (C=O) groups excluding carboxylic acids is 2. The highest BCUT2D eigenvalue weighted by molar-refractivity contribution is 5.78. The molecule has 142 valence electrons. The molecule has 0 unspecified atom stereocenters. The maximum Gasteiger partial charge on any atom is 0.222 e. The van der Waals surface area contributed by atoms with Crippen molar-refractivity contribution in [3.8, 4) is 0 Å². The second-order valence-electron chi connectivity index (χ2n) is 8.06.